The molecule has 0 saturated heterocycles. The lowest BCUT2D eigenvalue weighted by Gasteiger charge is -2.42. The Kier molecular flexibility index (Phi) is 5.83. The smallest absolute Gasteiger partial charge is 0.122 e. The van der Waals surface area contributed by atoms with Crippen LogP contribution >= 0.6 is 0 Å². The molecule has 0 aliphatic heterocycles. The summed E-state index contributed by atoms with van der Waals surface area (Å²) in [5, 5.41) is 0. The molecule has 1 aromatic rings. The normalized spacial score (nSPS) is 14.3. The van der Waals surface area contributed by atoms with E-state index in [1.807, 2.05) is 12.1 Å². The molecule has 0 fully saturated rings. The van der Waals surface area contributed by atoms with Crippen LogP contribution in [-0.2, 0) is 6.42 Å². The minimum Gasteiger partial charge on any atom is -0.496 e. The van der Waals surface area contributed by atoms with Crippen molar-refractivity contribution in [1.29, 1.82) is 0 Å². The zero-order valence-electron chi connectivity index (χ0n) is 14.7. The van der Waals surface area contributed by atoms with E-state index in [2.05, 4.69) is 58.7 Å². The summed E-state index contributed by atoms with van der Waals surface area (Å²) in [5.74, 6) is 0.969. The monoisotopic (exact) mass is 292 g/mol. The molecule has 1 atom stereocenters. The SMILES string of the molecule is COc1ccccc1CC(C)N(C)CC(C)(C)C(C)(C)N. The second kappa shape index (κ2) is 6.80. The minimum absolute atomic E-state index is 0.0524. The third kappa shape index (κ3) is 4.72. The first-order valence-corrected chi connectivity index (χ1v) is 7.69. The van der Waals surface area contributed by atoms with Gasteiger partial charge in [0.05, 0.1) is 7.11 Å². The van der Waals surface area contributed by atoms with Crippen LogP contribution in [0.15, 0.2) is 24.3 Å². The fourth-order valence-corrected chi connectivity index (χ4v) is 2.33. The maximum Gasteiger partial charge on any atom is 0.122 e. The van der Waals surface area contributed by atoms with Crippen LogP contribution in [0.5, 0.6) is 5.75 Å². The summed E-state index contributed by atoms with van der Waals surface area (Å²) >= 11 is 0. The average molecular weight is 292 g/mol. The summed E-state index contributed by atoms with van der Waals surface area (Å²) in [7, 11) is 3.90. The largest absolute Gasteiger partial charge is 0.496 e. The quantitative estimate of drug-likeness (QED) is 0.838. The van der Waals surface area contributed by atoms with Gasteiger partial charge in [0, 0.05) is 18.1 Å². The van der Waals surface area contributed by atoms with Crippen LogP contribution in [0.2, 0.25) is 0 Å². The van der Waals surface area contributed by atoms with Gasteiger partial charge in [-0.2, -0.15) is 0 Å². The molecular formula is C18H32N2O. The highest BCUT2D eigenvalue weighted by Crippen LogP contribution is 2.30. The lowest BCUT2D eigenvalue weighted by Crippen LogP contribution is -2.53. The molecule has 0 heterocycles. The summed E-state index contributed by atoms with van der Waals surface area (Å²) in [6.07, 6.45) is 0.974. The Morgan fingerprint density at radius 3 is 2.29 bits per heavy atom. The first-order chi connectivity index (χ1) is 9.58. The Balaban J connectivity index is 2.73. The molecule has 0 aromatic heterocycles. The van der Waals surface area contributed by atoms with Crippen molar-refractivity contribution < 1.29 is 4.74 Å². The molecule has 0 amide bonds. The van der Waals surface area contributed by atoms with Gasteiger partial charge in [0.2, 0.25) is 0 Å². The van der Waals surface area contributed by atoms with E-state index in [-0.39, 0.29) is 11.0 Å². The van der Waals surface area contributed by atoms with E-state index in [1.54, 1.807) is 7.11 Å². The maximum absolute atomic E-state index is 6.31. The number of hydrogen-bond acceptors (Lipinski definition) is 3. The molecule has 1 aromatic carbocycles. The average Bonchev–Trinajstić information content (AvgIpc) is 2.37. The summed E-state index contributed by atoms with van der Waals surface area (Å²) in [5.41, 5.74) is 7.42. The first-order valence-electron chi connectivity index (χ1n) is 7.69. The number of rotatable bonds is 7. The number of ether oxygens (including phenoxy) is 1. The number of para-hydroxylation sites is 1. The highest BCUT2D eigenvalue weighted by molar-refractivity contribution is 5.33. The van der Waals surface area contributed by atoms with Crippen molar-refractivity contribution in [2.45, 2.75) is 52.6 Å². The Bertz CT molecular complexity index is 449. The van der Waals surface area contributed by atoms with Crippen molar-refractivity contribution in [2.24, 2.45) is 11.1 Å². The van der Waals surface area contributed by atoms with Crippen molar-refractivity contribution >= 4 is 0 Å². The van der Waals surface area contributed by atoms with Crippen LogP contribution in [-0.4, -0.2) is 37.2 Å². The number of nitrogens with zero attached hydrogens (tertiary/aromatic N) is 1. The van der Waals surface area contributed by atoms with Gasteiger partial charge in [-0.15, -0.1) is 0 Å². The number of benzene rings is 1. The van der Waals surface area contributed by atoms with E-state index in [1.165, 1.54) is 5.56 Å². The van der Waals surface area contributed by atoms with E-state index in [0.717, 1.165) is 18.7 Å². The van der Waals surface area contributed by atoms with Crippen LogP contribution in [0.4, 0.5) is 0 Å². The number of likely N-dealkylation sites (N-methyl/N-ethyl adjacent to an activating group) is 1. The zero-order chi connectivity index (χ0) is 16.3. The standard InChI is InChI=1S/C18H32N2O/c1-14(12-15-10-8-9-11-16(15)21-7)20(6)13-17(2,3)18(4,5)19/h8-11,14H,12-13,19H2,1-7H3. The molecule has 1 rings (SSSR count). The van der Waals surface area contributed by atoms with E-state index in [4.69, 9.17) is 10.5 Å². The second-order valence-electron chi connectivity index (χ2n) is 7.39. The Hall–Kier alpha value is -1.06. The molecule has 1 unspecified atom stereocenters. The molecule has 0 aliphatic rings. The lowest BCUT2D eigenvalue weighted by molar-refractivity contribution is 0.107. The van der Waals surface area contributed by atoms with Crippen molar-refractivity contribution in [3.05, 3.63) is 29.8 Å². The van der Waals surface area contributed by atoms with Gasteiger partial charge < -0.3 is 15.4 Å². The molecule has 3 nitrogen and oxygen atoms in total. The Labute approximate surface area is 130 Å². The molecule has 120 valence electrons. The van der Waals surface area contributed by atoms with E-state index in [9.17, 15) is 0 Å². The first kappa shape index (κ1) is 18.0. The van der Waals surface area contributed by atoms with Gasteiger partial charge in [0.25, 0.3) is 0 Å². The predicted molar refractivity (Wildman–Crippen MR) is 90.8 cm³/mol. The molecule has 0 aliphatic carbocycles. The minimum atomic E-state index is -0.203. The third-order valence-corrected chi connectivity index (χ3v) is 4.85. The molecule has 3 heteroatoms. The van der Waals surface area contributed by atoms with Gasteiger partial charge in [-0.05, 0) is 51.3 Å². The molecular weight excluding hydrogens is 260 g/mol. The van der Waals surface area contributed by atoms with Gasteiger partial charge in [0.1, 0.15) is 5.75 Å². The van der Waals surface area contributed by atoms with E-state index >= 15 is 0 Å². The van der Waals surface area contributed by atoms with Gasteiger partial charge in [-0.25, -0.2) is 0 Å². The zero-order valence-corrected chi connectivity index (χ0v) is 14.7. The molecule has 2 N–H and O–H groups in total. The maximum atomic E-state index is 6.31. The highest BCUT2D eigenvalue weighted by atomic mass is 16.5. The Morgan fingerprint density at radius 2 is 1.76 bits per heavy atom. The van der Waals surface area contributed by atoms with Crippen molar-refractivity contribution in [2.75, 3.05) is 20.7 Å². The van der Waals surface area contributed by atoms with Gasteiger partial charge in [0.15, 0.2) is 0 Å². The highest BCUT2D eigenvalue weighted by Gasteiger charge is 2.35. The topological polar surface area (TPSA) is 38.5 Å². The van der Waals surface area contributed by atoms with Gasteiger partial charge in [-0.3, -0.25) is 0 Å². The van der Waals surface area contributed by atoms with E-state index < -0.39 is 0 Å². The number of methoxy groups -OCH3 is 1. The predicted octanol–water partition coefficient (Wildman–Crippen LogP) is 3.32. The van der Waals surface area contributed by atoms with Gasteiger partial charge in [-0.1, -0.05) is 32.0 Å². The van der Waals surface area contributed by atoms with Crippen molar-refractivity contribution in [3.63, 3.8) is 0 Å². The number of hydrogen-bond donors (Lipinski definition) is 1. The van der Waals surface area contributed by atoms with Crippen molar-refractivity contribution in [1.82, 2.24) is 4.90 Å². The Morgan fingerprint density at radius 1 is 1.19 bits per heavy atom. The summed E-state index contributed by atoms with van der Waals surface area (Å²) in [4.78, 5) is 2.39. The summed E-state index contributed by atoms with van der Waals surface area (Å²) in [6, 6.07) is 8.67. The number of nitrogens with two attached hydrogens (primary N) is 1. The molecule has 0 radical (unpaired) electrons. The van der Waals surface area contributed by atoms with Crippen LogP contribution in [0.3, 0.4) is 0 Å². The molecule has 0 bridgehead atoms. The summed E-state index contributed by atoms with van der Waals surface area (Å²) < 4.78 is 5.44. The fraction of sp³-hybridized carbons (Fsp3) is 0.667. The van der Waals surface area contributed by atoms with E-state index in [0.29, 0.717) is 6.04 Å². The summed E-state index contributed by atoms with van der Waals surface area (Å²) in [6.45, 7) is 11.9. The second-order valence-corrected chi connectivity index (χ2v) is 7.39. The van der Waals surface area contributed by atoms with Gasteiger partial charge >= 0.3 is 0 Å². The van der Waals surface area contributed by atoms with Crippen LogP contribution in [0.1, 0.15) is 40.2 Å². The fourth-order valence-electron chi connectivity index (χ4n) is 2.33. The lowest BCUT2D eigenvalue weighted by atomic mass is 9.74. The molecule has 0 saturated carbocycles. The van der Waals surface area contributed by atoms with Crippen LogP contribution in [0.25, 0.3) is 0 Å². The van der Waals surface area contributed by atoms with Crippen LogP contribution in [0, 0.1) is 5.41 Å². The third-order valence-electron chi connectivity index (χ3n) is 4.85. The van der Waals surface area contributed by atoms with Crippen molar-refractivity contribution in [3.8, 4) is 5.75 Å². The molecule has 21 heavy (non-hydrogen) atoms. The molecule has 0 spiro atoms. The van der Waals surface area contributed by atoms with Crippen LogP contribution < -0.4 is 10.5 Å².